The first-order valence-electron chi connectivity index (χ1n) is 9.40. The molecule has 1 aliphatic carbocycles. The number of nitrogens with zero attached hydrogens (tertiary/aromatic N) is 2. The summed E-state index contributed by atoms with van der Waals surface area (Å²) in [5, 5.41) is 3.59. The molecule has 1 aliphatic heterocycles. The Bertz CT molecular complexity index is 832. The van der Waals surface area contributed by atoms with Gasteiger partial charge in [-0.3, -0.25) is 9.59 Å². The normalized spacial score (nSPS) is 17.6. The lowest BCUT2D eigenvalue weighted by atomic mass is 9.85. The van der Waals surface area contributed by atoms with Gasteiger partial charge in [-0.15, -0.1) is 0 Å². The summed E-state index contributed by atoms with van der Waals surface area (Å²) in [7, 11) is 0. The van der Waals surface area contributed by atoms with Gasteiger partial charge in [-0.2, -0.15) is 0 Å². The Hall–Kier alpha value is -2.41. The van der Waals surface area contributed by atoms with E-state index in [2.05, 4.69) is 10.3 Å². The SMILES string of the molecule is CC(Oc1ccccc1)C(=O)N1CCc2nc(NC(=O)C3CCC3)sc2C1. The van der Waals surface area contributed by atoms with Gasteiger partial charge in [0, 0.05) is 23.8 Å². The van der Waals surface area contributed by atoms with Crippen LogP contribution in [0.15, 0.2) is 30.3 Å². The maximum Gasteiger partial charge on any atom is 0.263 e. The molecule has 1 fully saturated rings. The highest BCUT2D eigenvalue weighted by Gasteiger charge is 2.30. The molecule has 0 spiro atoms. The number of amides is 2. The first-order chi connectivity index (χ1) is 13.1. The van der Waals surface area contributed by atoms with E-state index >= 15 is 0 Å². The molecule has 2 aliphatic rings. The van der Waals surface area contributed by atoms with Gasteiger partial charge in [0.1, 0.15) is 5.75 Å². The summed E-state index contributed by atoms with van der Waals surface area (Å²) in [6, 6.07) is 9.38. The minimum atomic E-state index is -0.542. The van der Waals surface area contributed by atoms with E-state index in [1.54, 1.807) is 6.92 Å². The van der Waals surface area contributed by atoms with Gasteiger partial charge in [-0.25, -0.2) is 4.98 Å². The fraction of sp³-hybridized carbons (Fsp3) is 0.450. The van der Waals surface area contributed by atoms with Gasteiger partial charge in [0.15, 0.2) is 11.2 Å². The van der Waals surface area contributed by atoms with Crippen molar-refractivity contribution in [1.82, 2.24) is 9.88 Å². The molecule has 1 saturated carbocycles. The van der Waals surface area contributed by atoms with Crippen LogP contribution in [0.3, 0.4) is 0 Å². The number of hydrogen-bond donors (Lipinski definition) is 1. The van der Waals surface area contributed by atoms with Crippen molar-refractivity contribution in [3.63, 3.8) is 0 Å². The number of carbonyl (C=O) groups is 2. The number of rotatable bonds is 5. The summed E-state index contributed by atoms with van der Waals surface area (Å²) in [4.78, 5) is 32.3. The Kier molecular flexibility index (Phi) is 5.11. The van der Waals surface area contributed by atoms with Gasteiger partial charge < -0.3 is 15.0 Å². The fourth-order valence-corrected chi connectivity index (χ4v) is 4.35. The van der Waals surface area contributed by atoms with Gasteiger partial charge >= 0.3 is 0 Å². The third kappa shape index (κ3) is 3.98. The van der Waals surface area contributed by atoms with E-state index in [0.717, 1.165) is 29.8 Å². The van der Waals surface area contributed by atoms with Crippen molar-refractivity contribution in [1.29, 1.82) is 0 Å². The standard InChI is InChI=1S/C20H23N3O3S/c1-13(26-15-8-3-2-4-9-15)19(25)23-11-10-16-17(12-23)27-20(21-16)22-18(24)14-6-5-7-14/h2-4,8-9,13-14H,5-7,10-12H2,1H3,(H,21,22,24). The van der Waals surface area contributed by atoms with Crippen LogP contribution in [0.1, 0.15) is 36.8 Å². The number of anilines is 1. The summed E-state index contributed by atoms with van der Waals surface area (Å²) < 4.78 is 5.76. The predicted molar refractivity (Wildman–Crippen MR) is 104 cm³/mol. The molecule has 0 saturated heterocycles. The number of ether oxygens (including phenoxy) is 1. The maximum atomic E-state index is 12.7. The highest BCUT2D eigenvalue weighted by Crippen LogP contribution is 2.31. The van der Waals surface area contributed by atoms with Crippen LogP contribution < -0.4 is 10.1 Å². The van der Waals surface area contributed by atoms with E-state index in [1.165, 1.54) is 11.3 Å². The average Bonchev–Trinajstić information content (AvgIpc) is 3.01. The molecule has 1 aromatic heterocycles. The lowest BCUT2D eigenvalue weighted by molar-refractivity contribution is -0.138. The van der Waals surface area contributed by atoms with E-state index in [9.17, 15) is 9.59 Å². The maximum absolute atomic E-state index is 12.7. The first kappa shape index (κ1) is 18.0. The fourth-order valence-electron chi connectivity index (χ4n) is 3.33. The van der Waals surface area contributed by atoms with E-state index in [-0.39, 0.29) is 17.7 Å². The number of thiazole rings is 1. The Balaban J connectivity index is 1.37. The van der Waals surface area contributed by atoms with Crippen molar-refractivity contribution in [3.05, 3.63) is 40.9 Å². The van der Waals surface area contributed by atoms with Crippen molar-refractivity contribution in [3.8, 4) is 5.75 Å². The summed E-state index contributed by atoms with van der Waals surface area (Å²) in [6.07, 6.45) is 3.23. The van der Waals surface area contributed by atoms with Gasteiger partial charge in [0.05, 0.1) is 12.2 Å². The Morgan fingerprint density at radius 2 is 2.07 bits per heavy atom. The molecule has 2 amide bonds. The smallest absolute Gasteiger partial charge is 0.263 e. The average molecular weight is 385 g/mol. The highest BCUT2D eigenvalue weighted by atomic mass is 32.1. The van der Waals surface area contributed by atoms with Gasteiger partial charge in [-0.05, 0) is 31.9 Å². The number of para-hydroxylation sites is 1. The van der Waals surface area contributed by atoms with Crippen molar-refractivity contribution in [2.75, 3.05) is 11.9 Å². The van der Waals surface area contributed by atoms with Crippen LogP contribution in [0.25, 0.3) is 0 Å². The van der Waals surface area contributed by atoms with Crippen LogP contribution in [0.4, 0.5) is 5.13 Å². The minimum absolute atomic E-state index is 0.0297. The minimum Gasteiger partial charge on any atom is -0.481 e. The molecule has 0 radical (unpaired) electrons. The van der Waals surface area contributed by atoms with E-state index in [1.807, 2.05) is 35.2 Å². The van der Waals surface area contributed by atoms with Crippen molar-refractivity contribution >= 4 is 28.3 Å². The molecule has 1 aromatic carbocycles. The van der Waals surface area contributed by atoms with E-state index in [4.69, 9.17) is 4.74 Å². The summed E-state index contributed by atoms with van der Waals surface area (Å²) in [5.41, 5.74) is 0.990. The molecule has 7 heteroatoms. The quantitative estimate of drug-likeness (QED) is 0.858. The van der Waals surface area contributed by atoms with Crippen LogP contribution in [0.2, 0.25) is 0 Å². The molecule has 27 heavy (non-hydrogen) atoms. The number of carbonyl (C=O) groups excluding carboxylic acids is 2. The molecule has 142 valence electrons. The molecular formula is C20H23N3O3S. The Labute approximate surface area is 162 Å². The van der Waals surface area contributed by atoms with Crippen molar-refractivity contribution in [2.24, 2.45) is 5.92 Å². The lowest BCUT2D eigenvalue weighted by Crippen LogP contribution is -2.42. The molecule has 4 rings (SSSR count). The lowest BCUT2D eigenvalue weighted by Gasteiger charge is -2.28. The predicted octanol–water partition coefficient (Wildman–Crippen LogP) is 3.23. The van der Waals surface area contributed by atoms with Crippen LogP contribution >= 0.6 is 11.3 Å². The number of fused-ring (bicyclic) bond motifs is 1. The zero-order valence-corrected chi connectivity index (χ0v) is 16.1. The summed E-state index contributed by atoms with van der Waals surface area (Å²) in [5.74, 6) is 0.873. The largest absolute Gasteiger partial charge is 0.481 e. The molecular weight excluding hydrogens is 362 g/mol. The first-order valence-corrected chi connectivity index (χ1v) is 10.2. The zero-order chi connectivity index (χ0) is 18.8. The third-order valence-corrected chi connectivity index (χ3v) is 6.15. The van der Waals surface area contributed by atoms with E-state index in [0.29, 0.717) is 30.4 Å². The Morgan fingerprint density at radius 1 is 1.30 bits per heavy atom. The number of nitrogens with one attached hydrogen (secondary N) is 1. The molecule has 1 N–H and O–H groups in total. The second-order valence-corrected chi connectivity index (χ2v) is 8.17. The summed E-state index contributed by atoms with van der Waals surface area (Å²) in [6.45, 7) is 2.92. The second kappa shape index (κ2) is 7.68. The van der Waals surface area contributed by atoms with Crippen LogP contribution in [0, 0.1) is 5.92 Å². The molecule has 0 bridgehead atoms. The van der Waals surface area contributed by atoms with Crippen LogP contribution in [-0.4, -0.2) is 34.3 Å². The molecule has 1 atom stereocenters. The van der Waals surface area contributed by atoms with Crippen molar-refractivity contribution < 1.29 is 14.3 Å². The van der Waals surface area contributed by atoms with Gasteiger partial charge in [0.2, 0.25) is 5.91 Å². The molecule has 6 nitrogen and oxygen atoms in total. The second-order valence-electron chi connectivity index (χ2n) is 7.09. The summed E-state index contributed by atoms with van der Waals surface area (Å²) >= 11 is 1.47. The topological polar surface area (TPSA) is 71.5 Å². The monoisotopic (exact) mass is 385 g/mol. The number of hydrogen-bond acceptors (Lipinski definition) is 5. The highest BCUT2D eigenvalue weighted by molar-refractivity contribution is 7.15. The van der Waals surface area contributed by atoms with E-state index < -0.39 is 6.10 Å². The molecule has 1 unspecified atom stereocenters. The van der Waals surface area contributed by atoms with Crippen LogP contribution in [0.5, 0.6) is 5.75 Å². The number of aromatic nitrogens is 1. The molecule has 2 heterocycles. The van der Waals surface area contributed by atoms with Crippen molar-refractivity contribution in [2.45, 2.75) is 45.3 Å². The van der Waals surface area contributed by atoms with Gasteiger partial charge in [0.25, 0.3) is 5.91 Å². The van der Waals surface area contributed by atoms with Crippen LogP contribution in [-0.2, 0) is 22.6 Å². The third-order valence-electron chi connectivity index (χ3n) is 5.15. The zero-order valence-electron chi connectivity index (χ0n) is 15.3. The van der Waals surface area contributed by atoms with Gasteiger partial charge in [-0.1, -0.05) is 36.0 Å². The Morgan fingerprint density at radius 3 is 2.78 bits per heavy atom. The number of benzene rings is 1. The molecule has 2 aromatic rings.